The molecule has 1 aliphatic heterocycles. The number of imide groups is 1. The number of esters is 1. The summed E-state index contributed by atoms with van der Waals surface area (Å²) in [7, 11) is 1.19. The van der Waals surface area contributed by atoms with E-state index in [-0.39, 0.29) is 52.0 Å². The highest BCUT2D eigenvalue weighted by Gasteiger charge is 2.34. The molecule has 3 heterocycles. The molecule has 35 heavy (non-hydrogen) atoms. The minimum atomic E-state index is -1.31. The molecule has 4 rings (SSSR count). The molecular weight excluding hydrogens is 464 g/mol. The van der Waals surface area contributed by atoms with Gasteiger partial charge in [0.25, 0.3) is 5.91 Å². The molecule has 1 aromatic carbocycles. The number of carbonyl (C=O) groups is 5. The van der Waals surface area contributed by atoms with Crippen LogP contribution in [0.4, 0.5) is 4.79 Å². The molecule has 3 aromatic rings. The van der Waals surface area contributed by atoms with Crippen molar-refractivity contribution in [3.05, 3.63) is 76.6 Å². The van der Waals surface area contributed by atoms with Gasteiger partial charge in [-0.2, -0.15) is 0 Å². The summed E-state index contributed by atoms with van der Waals surface area (Å²) < 4.78 is 15.5. The number of carboxylic acid groups (broad SMARTS) is 2. The Hall–Kier alpha value is -5.13. The van der Waals surface area contributed by atoms with Crippen LogP contribution < -0.4 is 5.32 Å². The SMILES string of the molecule is COC(=O)c1ccc(CN2C(=O)N/C(=C\c3ccc(-c4cc(C(=O)O)cc(C(=O)O)c4)o3)C2=O)o1. The van der Waals surface area contributed by atoms with Gasteiger partial charge in [0.2, 0.25) is 5.76 Å². The molecule has 3 amide bonds. The van der Waals surface area contributed by atoms with Gasteiger partial charge in [-0.25, -0.2) is 19.2 Å². The number of nitrogens with zero attached hydrogens (tertiary/aromatic N) is 1. The van der Waals surface area contributed by atoms with Crippen molar-refractivity contribution in [3.63, 3.8) is 0 Å². The van der Waals surface area contributed by atoms with Crippen LogP contribution in [0.3, 0.4) is 0 Å². The maximum Gasteiger partial charge on any atom is 0.373 e. The molecule has 1 fully saturated rings. The van der Waals surface area contributed by atoms with Crippen molar-refractivity contribution in [2.24, 2.45) is 0 Å². The molecule has 0 bridgehead atoms. The number of hydrogen-bond donors (Lipinski definition) is 3. The number of carbonyl (C=O) groups excluding carboxylic acids is 3. The second-order valence-electron chi connectivity index (χ2n) is 7.25. The lowest BCUT2D eigenvalue weighted by atomic mass is 10.0. The summed E-state index contributed by atoms with van der Waals surface area (Å²) in [5.74, 6) is -3.58. The molecule has 3 N–H and O–H groups in total. The fourth-order valence-electron chi connectivity index (χ4n) is 3.29. The molecule has 12 nitrogen and oxygen atoms in total. The molecule has 12 heteroatoms. The summed E-state index contributed by atoms with van der Waals surface area (Å²) in [6.45, 7) is -0.234. The zero-order chi connectivity index (χ0) is 25.3. The van der Waals surface area contributed by atoms with E-state index >= 15 is 0 Å². The van der Waals surface area contributed by atoms with Gasteiger partial charge in [-0.05, 0) is 42.5 Å². The quantitative estimate of drug-likeness (QED) is 0.259. The van der Waals surface area contributed by atoms with Gasteiger partial charge in [0.1, 0.15) is 23.0 Å². The predicted molar refractivity (Wildman–Crippen MR) is 115 cm³/mol. The monoisotopic (exact) mass is 480 g/mol. The first-order valence-electron chi connectivity index (χ1n) is 9.89. The number of furan rings is 2. The molecule has 0 aliphatic carbocycles. The Kier molecular flexibility index (Phi) is 5.94. The number of rotatable bonds is 7. The summed E-state index contributed by atoms with van der Waals surface area (Å²) in [4.78, 5) is 60.0. The largest absolute Gasteiger partial charge is 0.478 e. The van der Waals surface area contributed by atoms with E-state index in [1.807, 2.05) is 0 Å². The van der Waals surface area contributed by atoms with E-state index < -0.39 is 29.8 Å². The lowest BCUT2D eigenvalue weighted by Gasteiger charge is -2.09. The molecule has 0 spiro atoms. The Morgan fingerprint density at radius 1 is 1.00 bits per heavy atom. The summed E-state index contributed by atoms with van der Waals surface area (Å²) >= 11 is 0. The number of hydrogen-bond acceptors (Lipinski definition) is 8. The van der Waals surface area contributed by atoms with E-state index in [9.17, 15) is 34.2 Å². The first-order valence-corrected chi connectivity index (χ1v) is 9.89. The third-order valence-electron chi connectivity index (χ3n) is 4.95. The third-order valence-corrected chi connectivity index (χ3v) is 4.95. The summed E-state index contributed by atoms with van der Waals surface area (Å²) in [6.07, 6.45) is 1.27. The van der Waals surface area contributed by atoms with E-state index in [1.165, 1.54) is 49.6 Å². The molecule has 0 unspecified atom stereocenters. The van der Waals surface area contributed by atoms with Crippen molar-refractivity contribution < 1.29 is 47.8 Å². The van der Waals surface area contributed by atoms with Crippen LogP contribution >= 0.6 is 0 Å². The van der Waals surface area contributed by atoms with Crippen LogP contribution in [0, 0.1) is 0 Å². The number of carboxylic acids is 2. The van der Waals surface area contributed by atoms with E-state index in [0.717, 1.165) is 11.0 Å². The number of nitrogens with one attached hydrogen (secondary N) is 1. The van der Waals surface area contributed by atoms with Crippen LogP contribution in [-0.4, -0.2) is 52.1 Å². The summed E-state index contributed by atoms with van der Waals surface area (Å²) in [6, 6.07) is 8.53. The molecule has 0 atom stereocenters. The van der Waals surface area contributed by atoms with Gasteiger partial charge < -0.3 is 29.1 Å². The molecule has 178 valence electrons. The Balaban J connectivity index is 1.55. The third kappa shape index (κ3) is 4.66. The van der Waals surface area contributed by atoms with Gasteiger partial charge in [0.15, 0.2) is 0 Å². The van der Waals surface area contributed by atoms with Crippen LogP contribution in [0.1, 0.15) is 42.8 Å². The highest BCUT2D eigenvalue weighted by atomic mass is 16.5. The van der Waals surface area contributed by atoms with Crippen molar-refractivity contribution in [1.29, 1.82) is 0 Å². The predicted octanol–water partition coefficient (Wildman–Crippen LogP) is 2.82. The highest BCUT2D eigenvalue weighted by Crippen LogP contribution is 2.27. The molecule has 0 radical (unpaired) electrons. The summed E-state index contributed by atoms with van der Waals surface area (Å²) in [5, 5.41) is 20.9. The average molecular weight is 480 g/mol. The number of ether oxygens (including phenoxy) is 1. The van der Waals surface area contributed by atoms with Gasteiger partial charge in [-0.3, -0.25) is 9.69 Å². The second kappa shape index (κ2) is 9.02. The van der Waals surface area contributed by atoms with Gasteiger partial charge in [-0.1, -0.05) is 0 Å². The Morgan fingerprint density at radius 3 is 2.31 bits per heavy atom. The summed E-state index contributed by atoms with van der Waals surface area (Å²) in [5.41, 5.74) is -0.368. The molecule has 1 saturated heterocycles. The number of aromatic carboxylic acids is 2. The average Bonchev–Trinajstić information content (AvgIpc) is 3.55. The van der Waals surface area contributed by atoms with E-state index in [0.29, 0.717) is 0 Å². The fourth-order valence-corrected chi connectivity index (χ4v) is 3.29. The standard InChI is InChI=1S/C23H16N2O10/c1-33-22(31)18-5-3-15(35-18)10-25-19(26)16(24-23(25)32)9-14-2-4-17(34-14)11-6-12(20(27)28)8-13(7-11)21(29)30/h2-9H,10H2,1H3,(H,24,32)(H,27,28)(H,29,30)/b16-9-. The maximum absolute atomic E-state index is 12.7. The zero-order valence-corrected chi connectivity index (χ0v) is 17.9. The number of methoxy groups -OCH3 is 1. The second-order valence-corrected chi connectivity index (χ2v) is 7.25. The van der Waals surface area contributed by atoms with E-state index in [1.54, 1.807) is 0 Å². The van der Waals surface area contributed by atoms with Gasteiger partial charge in [0, 0.05) is 11.6 Å². The zero-order valence-electron chi connectivity index (χ0n) is 17.9. The van der Waals surface area contributed by atoms with Crippen molar-refractivity contribution in [1.82, 2.24) is 10.2 Å². The van der Waals surface area contributed by atoms with Gasteiger partial charge in [-0.15, -0.1) is 0 Å². The molecule has 1 aliphatic rings. The lowest BCUT2D eigenvalue weighted by molar-refractivity contribution is -0.123. The van der Waals surface area contributed by atoms with Crippen LogP contribution in [0.5, 0.6) is 0 Å². The van der Waals surface area contributed by atoms with Gasteiger partial charge in [0.05, 0.1) is 24.8 Å². The number of benzene rings is 1. The van der Waals surface area contributed by atoms with Gasteiger partial charge >= 0.3 is 23.9 Å². The number of amides is 3. The van der Waals surface area contributed by atoms with Crippen molar-refractivity contribution in [2.45, 2.75) is 6.54 Å². The van der Waals surface area contributed by atoms with Crippen LogP contribution in [-0.2, 0) is 16.1 Å². The Bertz CT molecular complexity index is 1380. The molecule has 2 aromatic heterocycles. The first kappa shape index (κ1) is 23.0. The van der Waals surface area contributed by atoms with E-state index in [4.69, 9.17) is 8.83 Å². The minimum Gasteiger partial charge on any atom is -0.478 e. The Labute approximate surface area is 196 Å². The van der Waals surface area contributed by atoms with E-state index in [2.05, 4.69) is 10.1 Å². The normalized spacial score (nSPS) is 14.3. The topological polar surface area (TPSA) is 177 Å². The van der Waals surface area contributed by atoms with Crippen molar-refractivity contribution in [3.8, 4) is 11.3 Å². The minimum absolute atomic E-state index is 0.0774. The molecular formula is C23H16N2O10. The maximum atomic E-state index is 12.7. The van der Waals surface area contributed by atoms with Crippen LogP contribution in [0.2, 0.25) is 0 Å². The van der Waals surface area contributed by atoms with Crippen molar-refractivity contribution >= 4 is 35.9 Å². The molecule has 0 saturated carbocycles. The Morgan fingerprint density at radius 2 is 1.69 bits per heavy atom. The van der Waals surface area contributed by atoms with Crippen LogP contribution in [0.25, 0.3) is 17.4 Å². The van der Waals surface area contributed by atoms with Crippen LogP contribution in [0.15, 0.2) is 57.0 Å². The number of urea groups is 1. The lowest BCUT2D eigenvalue weighted by Crippen LogP contribution is -2.30. The smallest absolute Gasteiger partial charge is 0.373 e. The first-order chi connectivity index (χ1) is 16.7. The fraction of sp³-hybridized carbons (Fsp3) is 0.0870. The van der Waals surface area contributed by atoms with Crippen molar-refractivity contribution in [2.75, 3.05) is 7.11 Å². The highest BCUT2D eigenvalue weighted by molar-refractivity contribution is 6.13.